The molecule has 0 saturated carbocycles. The predicted molar refractivity (Wildman–Crippen MR) is 58.6 cm³/mol. The molecule has 0 aromatic rings. The molecular formula is C7H18ClN3O2S. The van der Waals surface area contributed by atoms with E-state index < -0.39 is 10.2 Å². The second-order valence-corrected chi connectivity index (χ2v) is 5.02. The number of piperidine rings is 1. The van der Waals surface area contributed by atoms with Crippen molar-refractivity contribution in [1.82, 2.24) is 9.03 Å². The first-order valence-electron chi connectivity index (χ1n) is 4.56. The van der Waals surface area contributed by atoms with E-state index in [1.165, 1.54) is 4.31 Å². The minimum Gasteiger partial charge on any atom is -0.327 e. The van der Waals surface area contributed by atoms with Crippen LogP contribution in [-0.4, -0.2) is 38.4 Å². The predicted octanol–water partition coefficient (Wildman–Crippen LogP) is -0.314. The van der Waals surface area contributed by atoms with Gasteiger partial charge in [0.1, 0.15) is 0 Å². The van der Waals surface area contributed by atoms with E-state index in [2.05, 4.69) is 4.72 Å². The van der Waals surface area contributed by atoms with E-state index in [-0.39, 0.29) is 18.4 Å². The van der Waals surface area contributed by atoms with Crippen LogP contribution >= 0.6 is 12.4 Å². The van der Waals surface area contributed by atoms with Crippen molar-refractivity contribution in [3.63, 3.8) is 0 Å². The van der Waals surface area contributed by atoms with Gasteiger partial charge in [-0.2, -0.15) is 12.7 Å². The van der Waals surface area contributed by atoms with E-state index in [4.69, 9.17) is 5.73 Å². The van der Waals surface area contributed by atoms with Crippen LogP contribution < -0.4 is 10.5 Å². The van der Waals surface area contributed by atoms with Gasteiger partial charge in [0.15, 0.2) is 0 Å². The van der Waals surface area contributed by atoms with Crippen LogP contribution in [0.1, 0.15) is 19.8 Å². The molecule has 0 radical (unpaired) electrons. The molecule has 1 aliphatic heterocycles. The number of nitrogens with one attached hydrogen (secondary N) is 1. The number of hydrogen-bond donors (Lipinski definition) is 2. The Bertz CT molecular complexity index is 258. The molecule has 5 nitrogen and oxygen atoms in total. The lowest BCUT2D eigenvalue weighted by atomic mass is 10.1. The highest BCUT2D eigenvalue weighted by Gasteiger charge is 2.26. The van der Waals surface area contributed by atoms with Crippen molar-refractivity contribution < 1.29 is 8.42 Å². The highest BCUT2D eigenvalue weighted by molar-refractivity contribution is 7.87. The van der Waals surface area contributed by atoms with Crippen molar-refractivity contribution in [3.05, 3.63) is 0 Å². The summed E-state index contributed by atoms with van der Waals surface area (Å²) in [4.78, 5) is 0. The summed E-state index contributed by atoms with van der Waals surface area (Å²) in [5, 5.41) is 0. The molecule has 1 atom stereocenters. The zero-order chi connectivity index (χ0) is 9.90. The average Bonchev–Trinajstić information content (AvgIpc) is 2.04. The van der Waals surface area contributed by atoms with Gasteiger partial charge >= 0.3 is 0 Å². The van der Waals surface area contributed by atoms with E-state index in [0.29, 0.717) is 19.6 Å². The number of hydrogen-bond acceptors (Lipinski definition) is 3. The van der Waals surface area contributed by atoms with Gasteiger partial charge in [-0.1, -0.05) is 6.92 Å². The van der Waals surface area contributed by atoms with Crippen molar-refractivity contribution in [1.29, 1.82) is 0 Å². The smallest absolute Gasteiger partial charge is 0.279 e. The number of rotatable bonds is 3. The third-order valence-corrected chi connectivity index (χ3v) is 3.75. The van der Waals surface area contributed by atoms with Crippen LogP contribution in [0.25, 0.3) is 0 Å². The summed E-state index contributed by atoms with van der Waals surface area (Å²) in [6.07, 6.45) is 1.77. The van der Waals surface area contributed by atoms with Gasteiger partial charge in [0, 0.05) is 25.7 Å². The largest absolute Gasteiger partial charge is 0.327 e. The maximum Gasteiger partial charge on any atom is 0.279 e. The van der Waals surface area contributed by atoms with Crippen molar-refractivity contribution in [3.8, 4) is 0 Å². The lowest BCUT2D eigenvalue weighted by Crippen LogP contribution is -2.49. The Morgan fingerprint density at radius 2 is 2.21 bits per heavy atom. The number of nitrogens with two attached hydrogens (primary N) is 1. The molecule has 3 N–H and O–H groups in total. The summed E-state index contributed by atoms with van der Waals surface area (Å²) in [6, 6.07) is -0.0119. The average molecular weight is 244 g/mol. The zero-order valence-corrected chi connectivity index (χ0v) is 9.90. The maximum absolute atomic E-state index is 11.5. The van der Waals surface area contributed by atoms with Gasteiger partial charge in [-0.15, -0.1) is 12.4 Å². The lowest BCUT2D eigenvalue weighted by molar-refractivity contribution is 0.312. The van der Waals surface area contributed by atoms with Gasteiger partial charge in [-0.25, -0.2) is 4.72 Å². The standard InChI is InChI=1S/C7H17N3O2S.ClH/c1-2-9-13(11,12)10-5-3-4-7(8)6-10;/h7,9H,2-6,8H2,1H3;1H. The molecule has 1 rings (SSSR count). The van der Waals surface area contributed by atoms with Gasteiger partial charge in [0.05, 0.1) is 0 Å². The van der Waals surface area contributed by atoms with Gasteiger partial charge in [0.2, 0.25) is 0 Å². The van der Waals surface area contributed by atoms with Crippen LogP contribution in [0.15, 0.2) is 0 Å². The molecule has 14 heavy (non-hydrogen) atoms. The molecule has 7 heteroatoms. The topological polar surface area (TPSA) is 75.4 Å². The molecular weight excluding hydrogens is 226 g/mol. The van der Waals surface area contributed by atoms with Crippen LogP contribution in [0.5, 0.6) is 0 Å². The van der Waals surface area contributed by atoms with Gasteiger partial charge in [-0.05, 0) is 12.8 Å². The monoisotopic (exact) mass is 243 g/mol. The maximum atomic E-state index is 11.5. The highest BCUT2D eigenvalue weighted by atomic mass is 35.5. The van der Waals surface area contributed by atoms with Crippen LogP contribution in [0.3, 0.4) is 0 Å². The molecule has 1 fully saturated rings. The Hall–Kier alpha value is 0.120. The zero-order valence-electron chi connectivity index (χ0n) is 8.27. The quantitative estimate of drug-likeness (QED) is 0.714. The van der Waals surface area contributed by atoms with Crippen LogP contribution in [0, 0.1) is 0 Å². The number of nitrogens with zero attached hydrogens (tertiary/aromatic N) is 1. The lowest BCUT2D eigenvalue weighted by Gasteiger charge is -2.29. The summed E-state index contributed by atoms with van der Waals surface area (Å²) in [5.74, 6) is 0. The summed E-state index contributed by atoms with van der Waals surface area (Å²) < 4.78 is 26.9. The number of halogens is 1. The van der Waals surface area contributed by atoms with Gasteiger partial charge < -0.3 is 5.73 Å². The third kappa shape index (κ3) is 3.70. The fourth-order valence-corrected chi connectivity index (χ4v) is 2.77. The van der Waals surface area contributed by atoms with E-state index in [1.807, 2.05) is 0 Å². The normalized spacial score (nSPS) is 24.3. The summed E-state index contributed by atoms with van der Waals surface area (Å²) in [5.41, 5.74) is 5.68. The molecule has 1 unspecified atom stereocenters. The summed E-state index contributed by atoms with van der Waals surface area (Å²) in [7, 11) is -3.26. The first kappa shape index (κ1) is 14.1. The van der Waals surface area contributed by atoms with Crippen LogP contribution in [0.2, 0.25) is 0 Å². The Balaban J connectivity index is 0.00000169. The highest BCUT2D eigenvalue weighted by Crippen LogP contribution is 2.10. The van der Waals surface area contributed by atoms with E-state index in [9.17, 15) is 8.42 Å². The minimum absolute atomic E-state index is 0. The summed E-state index contributed by atoms with van der Waals surface area (Å²) >= 11 is 0. The molecule has 86 valence electrons. The molecule has 1 heterocycles. The molecule has 0 aromatic carbocycles. The molecule has 1 saturated heterocycles. The van der Waals surface area contributed by atoms with Crippen molar-refractivity contribution in [2.24, 2.45) is 5.73 Å². The Labute approximate surface area is 91.6 Å². The Morgan fingerprint density at radius 3 is 2.71 bits per heavy atom. The second-order valence-electron chi connectivity index (χ2n) is 3.26. The summed E-state index contributed by atoms with van der Waals surface area (Å²) in [6.45, 7) is 3.22. The van der Waals surface area contributed by atoms with Crippen molar-refractivity contribution in [2.45, 2.75) is 25.8 Å². The third-order valence-electron chi connectivity index (χ3n) is 2.09. The van der Waals surface area contributed by atoms with E-state index in [0.717, 1.165) is 12.8 Å². The first-order chi connectivity index (χ1) is 6.06. The van der Waals surface area contributed by atoms with Gasteiger partial charge in [-0.3, -0.25) is 0 Å². The van der Waals surface area contributed by atoms with Crippen LogP contribution in [-0.2, 0) is 10.2 Å². The van der Waals surface area contributed by atoms with Crippen LogP contribution in [0.4, 0.5) is 0 Å². The van der Waals surface area contributed by atoms with Crippen molar-refractivity contribution >= 4 is 22.6 Å². The fraction of sp³-hybridized carbons (Fsp3) is 1.00. The fourth-order valence-electron chi connectivity index (χ4n) is 1.47. The molecule has 0 amide bonds. The Morgan fingerprint density at radius 1 is 1.57 bits per heavy atom. The molecule has 0 bridgehead atoms. The molecule has 0 aliphatic carbocycles. The SMILES string of the molecule is CCNS(=O)(=O)N1CCCC(N)C1.Cl. The minimum atomic E-state index is -3.26. The Kier molecular flexibility index (Phi) is 5.92. The van der Waals surface area contributed by atoms with Gasteiger partial charge in [0.25, 0.3) is 10.2 Å². The molecule has 0 aromatic heterocycles. The second kappa shape index (κ2) is 5.87. The van der Waals surface area contributed by atoms with Crippen molar-refractivity contribution in [2.75, 3.05) is 19.6 Å². The van der Waals surface area contributed by atoms with E-state index >= 15 is 0 Å². The molecule has 1 aliphatic rings. The van der Waals surface area contributed by atoms with E-state index in [1.54, 1.807) is 6.92 Å². The molecule has 0 spiro atoms. The first-order valence-corrected chi connectivity index (χ1v) is 6.00.